The third-order valence-corrected chi connectivity index (χ3v) is 2.58. The molecule has 0 spiro atoms. The van der Waals surface area contributed by atoms with Crippen LogP contribution in [0.2, 0.25) is 0 Å². The zero-order valence-electron chi connectivity index (χ0n) is 3.96. The Morgan fingerprint density at radius 2 is 2.11 bits per heavy atom. The highest BCUT2D eigenvalue weighted by atomic mass is 33.2. The molecule has 9 heavy (non-hydrogen) atoms. The van der Waals surface area contributed by atoms with Gasteiger partial charge in [0, 0.05) is 0 Å². The summed E-state index contributed by atoms with van der Waals surface area (Å²) in [5, 5.41) is 0. The van der Waals surface area contributed by atoms with Gasteiger partial charge in [0.05, 0.1) is 0 Å². The van der Waals surface area contributed by atoms with Gasteiger partial charge in [0.25, 0.3) is 10.1 Å². The lowest BCUT2D eigenvalue weighted by Crippen LogP contribution is -2.07. The largest absolute Gasteiger partial charge is 0.385 e. The molecule has 0 aliphatic heterocycles. The molecular weight excluding hydrogens is 168 g/mol. The van der Waals surface area contributed by atoms with Crippen LogP contribution in [-0.4, -0.2) is 27.5 Å². The van der Waals surface area contributed by atoms with Crippen LogP contribution >= 0.6 is 0 Å². The van der Waals surface area contributed by atoms with Crippen molar-refractivity contribution in [3.63, 3.8) is 0 Å². The van der Waals surface area contributed by atoms with E-state index in [1.807, 2.05) is 0 Å². The van der Waals surface area contributed by atoms with Gasteiger partial charge in [-0.2, -0.15) is 4.79 Å². The monoisotopic (exact) mass is 170 g/mol. The second kappa shape index (κ2) is 2.83. The lowest BCUT2D eigenvalue weighted by molar-refractivity contribution is 0.00771. The fourth-order valence-electron chi connectivity index (χ4n) is 0.0945. The van der Waals surface area contributed by atoms with E-state index in [2.05, 4.69) is 4.79 Å². The lowest BCUT2D eigenvalue weighted by atomic mass is 11.7. The Morgan fingerprint density at radius 1 is 1.67 bits per heavy atom. The van der Waals surface area contributed by atoms with Gasteiger partial charge in [-0.1, -0.05) is 0 Å². The minimum atomic E-state index is -4.26. The second-order valence-corrected chi connectivity index (χ2v) is 4.81. The van der Waals surface area contributed by atoms with Crippen molar-refractivity contribution in [1.82, 2.24) is 0 Å². The fraction of sp³-hybridized carbons (Fsp3) is 0. The molecule has 52 valence electrons. The van der Waals surface area contributed by atoms with E-state index in [-0.39, 0.29) is 5.55 Å². The first-order chi connectivity index (χ1) is 4.00. The molecule has 0 aromatic carbocycles. The molecule has 1 unspecified atom stereocenters. The first-order valence-corrected chi connectivity index (χ1v) is 4.71. The van der Waals surface area contributed by atoms with Crippen LogP contribution in [0.25, 0.3) is 5.53 Å². The summed E-state index contributed by atoms with van der Waals surface area (Å²) < 4.78 is 37.8. The molecule has 0 radical (unpaired) electrons. The highest BCUT2D eigenvalue weighted by molar-refractivity contribution is 8.67. The molecule has 0 amide bonds. The van der Waals surface area contributed by atoms with E-state index < -0.39 is 19.0 Å². The van der Waals surface area contributed by atoms with Crippen molar-refractivity contribution >= 4 is 24.5 Å². The maximum absolute atomic E-state index is 10.1. The molecule has 0 bridgehead atoms. The number of rotatable bonds is 2. The zero-order valence-corrected chi connectivity index (χ0v) is 5.59. The van der Waals surface area contributed by atoms with Crippen LogP contribution in [0.3, 0.4) is 0 Å². The Hall–Kier alpha value is -0.560. The second-order valence-electron chi connectivity index (χ2n) is 0.931. The van der Waals surface area contributed by atoms with Crippen LogP contribution in [0, 0.1) is 0 Å². The normalized spacial score (nSPS) is 13.9. The summed E-state index contributed by atoms with van der Waals surface area (Å²) in [7, 11) is -7.28. The first-order valence-electron chi connectivity index (χ1n) is 1.54. The Labute approximate surface area is 52.7 Å². The number of hydrogen-bond acceptors (Lipinski definition) is 3. The molecule has 0 saturated heterocycles. The summed E-state index contributed by atoms with van der Waals surface area (Å²) in [6.45, 7) is 0. The summed E-state index contributed by atoms with van der Waals surface area (Å²) in [6, 6.07) is 0. The minimum Gasteiger partial charge on any atom is -0.361 e. The van der Waals surface area contributed by atoms with Crippen molar-refractivity contribution in [2.45, 2.75) is 0 Å². The molecule has 0 aromatic rings. The molecule has 0 aliphatic rings. The highest BCUT2D eigenvalue weighted by Crippen LogP contribution is 1.86. The summed E-state index contributed by atoms with van der Waals surface area (Å²) in [5.41, 5.74) is 7.58. The number of nitrogens with zero attached hydrogens (tertiary/aromatic N) is 2. The summed E-state index contributed by atoms with van der Waals surface area (Å²) in [4.78, 5) is 2.06. The third-order valence-electron chi connectivity index (χ3n) is 0.375. The minimum absolute atomic E-state index is 0.0108. The van der Waals surface area contributed by atoms with Gasteiger partial charge in [0.2, 0.25) is 0 Å². The van der Waals surface area contributed by atoms with Gasteiger partial charge in [-0.3, -0.25) is 4.55 Å². The van der Waals surface area contributed by atoms with Gasteiger partial charge in [0.1, 0.15) is 0 Å². The Balaban J connectivity index is 4.85. The van der Waals surface area contributed by atoms with E-state index in [1.54, 1.807) is 0 Å². The molecule has 0 fully saturated rings. The van der Waals surface area contributed by atoms with Gasteiger partial charge in [-0.05, 0) is 0 Å². The molecule has 0 rings (SSSR count). The van der Waals surface area contributed by atoms with Gasteiger partial charge in [0.15, 0.2) is 0 Å². The topological polar surface area (TPSA) is 108 Å². The predicted molar refractivity (Wildman–Crippen MR) is 29.4 cm³/mol. The van der Waals surface area contributed by atoms with Crippen LogP contribution in [0.4, 0.5) is 0 Å². The van der Waals surface area contributed by atoms with Crippen molar-refractivity contribution in [3.05, 3.63) is 5.53 Å². The third kappa shape index (κ3) is 2.47. The van der Waals surface area contributed by atoms with Crippen molar-refractivity contribution < 1.29 is 22.0 Å². The standard InChI is InChI=1S/CH2N2O4S2/c2-3-1-9(6,7)8(4)5/h1H,(H,4,5). The Bertz CT molecular complexity index is 250. The molecule has 1 atom stereocenters. The van der Waals surface area contributed by atoms with Crippen molar-refractivity contribution in [2.24, 2.45) is 0 Å². The molecular formula is CH2N2O4S2. The van der Waals surface area contributed by atoms with Crippen molar-refractivity contribution in [2.75, 3.05) is 0 Å². The van der Waals surface area contributed by atoms with Gasteiger partial charge >= 0.3 is 14.4 Å². The van der Waals surface area contributed by atoms with Crippen molar-refractivity contribution in [1.29, 1.82) is 0 Å². The van der Waals surface area contributed by atoms with E-state index in [9.17, 15) is 12.6 Å². The average molecular weight is 170 g/mol. The lowest BCUT2D eigenvalue weighted by Gasteiger charge is -1.78. The maximum atomic E-state index is 10.1. The van der Waals surface area contributed by atoms with E-state index in [1.165, 1.54) is 0 Å². The summed E-state index contributed by atoms with van der Waals surface area (Å²) >= 11 is 0. The molecule has 0 aromatic heterocycles. The summed E-state index contributed by atoms with van der Waals surface area (Å²) in [6.07, 6.45) is 0. The van der Waals surface area contributed by atoms with Crippen molar-refractivity contribution in [3.8, 4) is 0 Å². The van der Waals surface area contributed by atoms with Gasteiger partial charge in [-0.25, -0.2) is 12.6 Å². The van der Waals surface area contributed by atoms with E-state index in [4.69, 9.17) is 10.1 Å². The van der Waals surface area contributed by atoms with E-state index >= 15 is 0 Å². The Kier molecular flexibility index (Phi) is 2.65. The molecule has 8 heteroatoms. The first kappa shape index (κ1) is 8.44. The molecule has 0 heterocycles. The fourth-order valence-corrected chi connectivity index (χ4v) is 0.620. The molecule has 1 N–H and O–H groups in total. The van der Waals surface area contributed by atoms with Crippen LogP contribution in [-0.2, 0) is 19.0 Å². The average Bonchev–Trinajstić information content (AvgIpc) is 1.65. The van der Waals surface area contributed by atoms with Gasteiger partial charge < -0.3 is 5.53 Å². The SMILES string of the molecule is [N-]=[N+]=CS(=O)(=O)S(=O)O. The highest BCUT2D eigenvalue weighted by Gasteiger charge is 2.19. The Morgan fingerprint density at radius 3 is 2.22 bits per heavy atom. The molecule has 0 saturated carbocycles. The van der Waals surface area contributed by atoms with Crippen LogP contribution in [0.5, 0.6) is 0 Å². The van der Waals surface area contributed by atoms with Crippen LogP contribution in [0.1, 0.15) is 0 Å². The molecule has 6 nitrogen and oxygen atoms in total. The van der Waals surface area contributed by atoms with E-state index in [0.29, 0.717) is 0 Å². The predicted octanol–water partition coefficient (Wildman–Crippen LogP) is -1.20. The smallest absolute Gasteiger partial charge is 0.361 e. The van der Waals surface area contributed by atoms with Crippen LogP contribution < -0.4 is 0 Å². The van der Waals surface area contributed by atoms with Gasteiger partial charge in [-0.15, -0.1) is 0 Å². The maximum Gasteiger partial charge on any atom is 0.385 e. The quantitative estimate of drug-likeness (QED) is 0.140. The summed E-state index contributed by atoms with van der Waals surface area (Å²) in [5.74, 6) is 0. The number of hydrogen-bond donors (Lipinski definition) is 1. The van der Waals surface area contributed by atoms with Crippen LogP contribution in [0.15, 0.2) is 0 Å². The zero-order chi connectivity index (χ0) is 7.49. The van der Waals surface area contributed by atoms with E-state index in [0.717, 1.165) is 0 Å². The molecule has 0 aliphatic carbocycles.